The Bertz CT molecular complexity index is 1180. The molecule has 0 amide bonds. The van der Waals surface area contributed by atoms with Crippen LogP contribution in [0.25, 0.3) is 0 Å². The van der Waals surface area contributed by atoms with Crippen LogP contribution in [-0.4, -0.2) is 148 Å². The number of nitriles is 2. The van der Waals surface area contributed by atoms with Gasteiger partial charge in [0.15, 0.2) is 9.47 Å². The molecule has 0 aliphatic carbocycles. The summed E-state index contributed by atoms with van der Waals surface area (Å²) in [5, 5.41) is 14.6. The minimum Gasteiger partial charge on any atom is -0.379 e. The largest absolute Gasteiger partial charge is 0.379 e. The van der Waals surface area contributed by atoms with Crippen molar-refractivity contribution in [1.82, 2.24) is 43.8 Å². The fourth-order valence-corrected chi connectivity index (χ4v) is 5.15. The molecule has 18 heteroatoms. The third-order valence-electron chi connectivity index (χ3n) is 6.73. The van der Waals surface area contributed by atoms with Crippen LogP contribution in [-0.2, 0) is 27.3 Å². The first-order valence-electron chi connectivity index (χ1n) is 15.5. The number of imidazole rings is 3. The third kappa shape index (κ3) is 23.5. The highest BCUT2D eigenvalue weighted by Crippen LogP contribution is 2.06. The van der Waals surface area contributed by atoms with Crippen molar-refractivity contribution in [2.24, 2.45) is 0 Å². The first-order valence-corrected chi connectivity index (χ1v) is 18.4. The molecule has 3 aliphatic heterocycles. The van der Waals surface area contributed by atoms with Gasteiger partial charge >= 0.3 is 0 Å². The highest BCUT2D eigenvalue weighted by Gasteiger charge is 2.11. The summed E-state index contributed by atoms with van der Waals surface area (Å²) < 4.78 is 21.6. The van der Waals surface area contributed by atoms with Gasteiger partial charge in [-0.15, -0.1) is 11.6 Å². The number of aromatic amines is 1. The lowest BCUT2D eigenvalue weighted by atomic mass is 10.4. The molecule has 0 atom stereocenters. The fraction of sp³-hybridized carbons (Fsp3) is 0.633. The zero-order chi connectivity index (χ0) is 35.1. The number of hydrogen-bond donors (Lipinski definition) is 1. The molecule has 3 aromatic heterocycles. The van der Waals surface area contributed by atoms with Crippen LogP contribution in [0.3, 0.4) is 0 Å². The number of hydrogen-bond acceptors (Lipinski definition) is 11. The van der Waals surface area contributed by atoms with E-state index in [1.807, 2.05) is 31.1 Å². The molecular formula is C30H47Br3ClN11O3. The second-order valence-electron chi connectivity index (χ2n) is 9.93. The summed E-state index contributed by atoms with van der Waals surface area (Å²) in [6.07, 6.45) is 12.9. The lowest BCUT2D eigenvalue weighted by Crippen LogP contribution is -2.38. The number of nitrogens with one attached hydrogen (secondary N) is 1. The smallest absolute Gasteiger partial charge is 0.177 e. The predicted molar refractivity (Wildman–Crippen MR) is 197 cm³/mol. The highest BCUT2D eigenvalue weighted by molar-refractivity contribution is 9.12. The van der Waals surface area contributed by atoms with Crippen LogP contribution >= 0.6 is 59.4 Å². The van der Waals surface area contributed by atoms with E-state index in [1.165, 1.54) is 6.92 Å². The molecule has 0 radical (unpaired) electrons. The van der Waals surface area contributed by atoms with Gasteiger partial charge < -0.3 is 28.3 Å². The Labute approximate surface area is 314 Å². The van der Waals surface area contributed by atoms with Crippen LogP contribution in [0, 0.1) is 21.6 Å². The van der Waals surface area contributed by atoms with Crippen LogP contribution in [0.5, 0.6) is 0 Å². The van der Waals surface area contributed by atoms with Crippen LogP contribution in [0.4, 0.5) is 0 Å². The molecule has 0 bridgehead atoms. The van der Waals surface area contributed by atoms with Gasteiger partial charge in [-0.3, -0.25) is 14.7 Å². The van der Waals surface area contributed by atoms with E-state index in [-0.39, 0.29) is 0 Å². The van der Waals surface area contributed by atoms with Crippen molar-refractivity contribution in [2.75, 3.05) is 104 Å². The average molecular weight is 885 g/mol. The summed E-state index contributed by atoms with van der Waals surface area (Å²) in [6.45, 7) is 18.2. The lowest BCUT2D eigenvalue weighted by Gasteiger charge is -2.26. The zero-order valence-electron chi connectivity index (χ0n) is 27.5. The second-order valence-corrected chi connectivity index (χ2v) is 12.1. The van der Waals surface area contributed by atoms with Crippen LogP contribution in [0.2, 0.25) is 0 Å². The van der Waals surface area contributed by atoms with Crippen molar-refractivity contribution < 1.29 is 14.2 Å². The number of alkyl halides is 1. The number of H-pyrrole nitrogens is 1. The average Bonchev–Trinajstić information content (AvgIpc) is 3.91. The van der Waals surface area contributed by atoms with Gasteiger partial charge in [0.2, 0.25) is 0 Å². The summed E-state index contributed by atoms with van der Waals surface area (Å²) in [5.74, 6) is 0.736. The Balaban J connectivity index is 0.000000313. The van der Waals surface area contributed by atoms with Crippen LogP contribution < -0.4 is 0 Å². The van der Waals surface area contributed by atoms with E-state index < -0.39 is 0 Å². The maximum atomic E-state index is 7.32. The number of halogens is 4. The van der Waals surface area contributed by atoms with Crippen molar-refractivity contribution in [1.29, 1.82) is 10.5 Å². The molecule has 48 heavy (non-hydrogen) atoms. The van der Waals surface area contributed by atoms with E-state index in [0.717, 1.165) is 127 Å². The molecule has 0 aromatic carbocycles. The van der Waals surface area contributed by atoms with Gasteiger partial charge in [-0.25, -0.2) is 15.0 Å². The zero-order valence-corrected chi connectivity index (χ0v) is 33.0. The van der Waals surface area contributed by atoms with E-state index in [1.54, 1.807) is 23.4 Å². The lowest BCUT2D eigenvalue weighted by molar-refractivity contribution is 0.0363. The van der Waals surface area contributed by atoms with Crippen LogP contribution in [0.1, 0.15) is 6.92 Å². The summed E-state index contributed by atoms with van der Waals surface area (Å²) in [7, 11) is 0. The first kappa shape index (κ1) is 44.1. The molecule has 14 nitrogen and oxygen atoms in total. The minimum atomic E-state index is 0.736. The summed E-state index contributed by atoms with van der Waals surface area (Å²) in [4.78, 5) is 23.4. The van der Waals surface area contributed by atoms with Gasteiger partial charge in [0.25, 0.3) is 0 Å². The van der Waals surface area contributed by atoms with E-state index in [9.17, 15) is 0 Å². The van der Waals surface area contributed by atoms with Gasteiger partial charge in [0.05, 0.1) is 52.0 Å². The second kappa shape index (κ2) is 31.1. The molecule has 3 aliphatic rings. The maximum Gasteiger partial charge on any atom is 0.177 e. The van der Waals surface area contributed by atoms with Crippen molar-refractivity contribution in [3.8, 4) is 11.0 Å². The monoisotopic (exact) mass is 881 g/mol. The summed E-state index contributed by atoms with van der Waals surface area (Å²) in [6, 6.07) is 1.75. The number of aromatic nitrogens is 6. The van der Waals surface area contributed by atoms with Crippen LogP contribution in [0.15, 0.2) is 53.0 Å². The molecule has 3 saturated heterocycles. The van der Waals surface area contributed by atoms with E-state index in [2.05, 4.69) is 91.6 Å². The Morgan fingerprint density at radius 2 is 1.27 bits per heavy atom. The Hall–Kier alpha value is -1.90. The Kier molecular flexibility index (Phi) is 28.6. The molecule has 1 N–H and O–H groups in total. The first-order chi connectivity index (χ1) is 23.5. The third-order valence-corrected chi connectivity index (χ3v) is 8.00. The molecule has 6 heterocycles. The maximum absolute atomic E-state index is 7.32. The SMILES string of the molecule is Brc1ncc[nH]1.Brc1nccn1CCN1CCOCC1.CC#N.ClCCN1CCOCC1.N#CBr.c1cn(CCN2CCOCC2)cn1. The minimum absolute atomic E-state index is 0.736. The normalized spacial score (nSPS) is 16.2. The molecule has 3 aromatic rings. The van der Waals surface area contributed by atoms with Crippen molar-refractivity contribution in [2.45, 2.75) is 20.0 Å². The molecule has 268 valence electrons. The van der Waals surface area contributed by atoms with Gasteiger partial charge in [0.1, 0.15) is 4.98 Å². The molecular weight excluding hydrogens is 838 g/mol. The van der Waals surface area contributed by atoms with Gasteiger partial charge in [-0.05, 0) is 31.9 Å². The van der Waals surface area contributed by atoms with Crippen molar-refractivity contribution >= 4 is 59.4 Å². The summed E-state index contributed by atoms with van der Waals surface area (Å²) in [5.41, 5.74) is 0. The van der Waals surface area contributed by atoms with Gasteiger partial charge in [-0.1, -0.05) is 0 Å². The Morgan fingerprint density at radius 1 is 0.771 bits per heavy atom. The number of morpholine rings is 3. The Morgan fingerprint density at radius 3 is 1.62 bits per heavy atom. The van der Waals surface area contributed by atoms with Gasteiger partial charge in [-0.2, -0.15) is 10.5 Å². The van der Waals surface area contributed by atoms with E-state index in [4.69, 9.17) is 36.3 Å². The number of rotatable bonds is 8. The fourth-order valence-electron chi connectivity index (χ4n) is 4.24. The topological polar surface area (TPSA) is 149 Å². The number of nitrogens with zero attached hydrogens (tertiary/aromatic N) is 10. The molecule has 0 unspecified atom stereocenters. The quantitative estimate of drug-likeness (QED) is 0.323. The molecule has 0 saturated carbocycles. The predicted octanol–water partition coefficient (Wildman–Crippen LogP) is 4.31. The van der Waals surface area contributed by atoms with E-state index >= 15 is 0 Å². The van der Waals surface area contributed by atoms with E-state index in [0.29, 0.717) is 0 Å². The molecule has 0 spiro atoms. The highest BCUT2D eigenvalue weighted by atomic mass is 79.9. The number of ether oxygens (including phenoxy) is 3. The van der Waals surface area contributed by atoms with Crippen molar-refractivity contribution in [3.05, 3.63) is 53.0 Å². The van der Waals surface area contributed by atoms with Crippen molar-refractivity contribution in [3.63, 3.8) is 0 Å². The summed E-state index contributed by atoms with van der Waals surface area (Å²) >= 11 is 14.5. The van der Waals surface area contributed by atoms with Gasteiger partial charge in [0, 0.05) is 138 Å². The standard InChI is InChI=1S/C9H14BrN3O.C9H15N3O.C6H12ClNO.C3H3BrN2.C2H3N.CBrN/c10-9-11-1-2-13(9)4-3-12-5-7-14-8-6-12;1-2-12(9-10-1)4-3-11-5-7-13-8-6-11;7-1-2-8-3-5-9-6-4-8;4-3-5-1-2-6-3;1-2-3;2-1-3/h1-2H,3-8H2;1-2,9H,3-8H2;1-6H2;1-2H,(H,5,6);1H3;. The molecule has 6 rings (SSSR count). The molecule has 3 fully saturated rings.